The number of rotatable bonds is 11. The molecule has 4 heteroatoms. The van der Waals surface area contributed by atoms with Crippen LogP contribution in [0.4, 0.5) is 0 Å². The third kappa shape index (κ3) is 6.30. The van der Waals surface area contributed by atoms with Gasteiger partial charge in [-0.3, -0.25) is 0 Å². The van der Waals surface area contributed by atoms with E-state index < -0.39 is 21.5 Å². The van der Waals surface area contributed by atoms with E-state index in [1.54, 1.807) is 0 Å². The molecule has 0 amide bonds. The van der Waals surface area contributed by atoms with Gasteiger partial charge in [0.2, 0.25) is 0 Å². The topological polar surface area (TPSA) is 0 Å². The Kier molecular flexibility index (Phi) is 9.96. The fourth-order valence-electron chi connectivity index (χ4n) is 8.43. The van der Waals surface area contributed by atoms with Gasteiger partial charge in [-0.15, -0.1) is 0 Å². The molecule has 0 saturated heterocycles. The van der Waals surface area contributed by atoms with Crippen LogP contribution in [0.25, 0.3) is 12.2 Å². The molecule has 0 aliphatic heterocycles. The summed E-state index contributed by atoms with van der Waals surface area (Å²) >= 11 is -4.82. The van der Waals surface area contributed by atoms with Gasteiger partial charge in [-0.25, -0.2) is 0 Å². The van der Waals surface area contributed by atoms with Gasteiger partial charge in [0.1, 0.15) is 0 Å². The fourth-order valence-corrected chi connectivity index (χ4v) is 39.8. The fraction of sp³-hybridized carbons (Fsp3) is 0.333. The number of hydrogen-bond acceptors (Lipinski definition) is 0. The average Bonchev–Trinajstić information content (AvgIpc) is 3.58. The molecule has 0 bridgehead atoms. The van der Waals surface area contributed by atoms with Gasteiger partial charge >= 0.3 is 289 Å². The molecule has 6 rings (SSSR count). The zero-order chi connectivity index (χ0) is 32.7. The van der Waals surface area contributed by atoms with Gasteiger partial charge in [-0.2, -0.15) is 0 Å². The van der Waals surface area contributed by atoms with Gasteiger partial charge < -0.3 is 0 Å². The predicted octanol–water partition coefficient (Wildman–Crippen LogP) is 12.5. The maximum atomic E-state index is 8.73. The van der Waals surface area contributed by atoms with Crippen molar-refractivity contribution in [1.29, 1.82) is 0 Å². The van der Waals surface area contributed by atoms with Crippen LogP contribution in [0.5, 0.6) is 0 Å². The van der Waals surface area contributed by atoms with Crippen molar-refractivity contribution in [3.05, 3.63) is 153 Å². The van der Waals surface area contributed by atoms with Gasteiger partial charge in [0, 0.05) is 0 Å². The third-order valence-corrected chi connectivity index (χ3v) is 62.3. The molecule has 0 heterocycles. The number of allylic oxidation sites excluding steroid dienone is 2. The van der Waals surface area contributed by atoms with E-state index in [1.165, 1.54) is 55.7 Å². The van der Waals surface area contributed by atoms with Gasteiger partial charge in [0.05, 0.1) is 0 Å². The van der Waals surface area contributed by atoms with Crippen molar-refractivity contribution in [2.24, 2.45) is 11.8 Å². The van der Waals surface area contributed by atoms with Crippen LogP contribution in [0, 0.1) is 11.8 Å². The molecule has 2 aliphatic carbocycles. The molecule has 0 nitrogen and oxygen atoms in total. The molecule has 239 valence electrons. The summed E-state index contributed by atoms with van der Waals surface area (Å²) < 4.78 is 0.266. The Morgan fingerprint density at radius 3 is 1.30 bits per heavy atom. The monoisotopic (exact) mass is 741 g/mol. The van der Waals surface area contributed by atoms with Crippen molar-refractivity contribution in [2.45, 2.75) is 73.7 Å². The standard InChI is InChI=1S/2C20H21.C2H7Si.2ClH.Zr/c2*1-15(2)11-17-13-19-10-6-9-18(20(19)14-17)12-16-7-4-3-5-8-16;1-3-2;;;/h2*3-10,13-15H,11-12H2,1-2H3;3H,1-2H3;2*1H;/q;;;;;+2/p-2. The van der Waals surface area contributed by atoms with Gasteiger partial charge in [0.15, 0.2) is 0 Å². The van der Waals surface area contributed by atoms with E-state index in [1.807, 2.05) is 0 Å². The average molecular weight is 744 g/mol. The van der Waals surface area contributed by atoms with Crippen molar-refractivity contribution < 1.29 is 15.6 Å². The molecule has 0 N–H and O–H groups in total. The quantitative estimate of drug-likeness (QED) is 0.134. The summed E-state index contributed by atoms with van der Waals surface area (Å²) in [7, 11) is 17.5. The predicted molar refractivity (Wildman–Crippen MR) is 202 cm³/mol. The molecule has 0 radical (unpaired) electrons. The van der Waals surface area contributed by atoms with E-state index in [0.29, 0.717) is 11.8 Å². The zero-order valence-corrected chi connectivity index (χ0v) is 33.5. The van der Waals surface area contributed by atoms with E-state index in [9.17, 15) is 0 Å². The molecule has 2 atom stereocenters. The Morgan fingerprint density at radius 1 is 0.565 bits per heavy atom. The molecule has 2 aliphatic rings. The van der Waals surface area contributed by atoms with Crippen LogP contribution < -0.4 is 0 Å². The molecule has 46 heavy (non-hydrogen) atoms. The van der Waals surface area contributed by atoms with Crippen LogP contribution in [-0.2, 0) is 28.4 Å². The summed E-state index contributed by atoms with van der Waals surface area (Å²) in [6.07, 6.45) is 8.96. The van der Waals surface area contributed by atoms with E-state index in [-0.39, 0.29) is 7.25 Å². The van der Waals surface area contributed by atoms with E-state index in [4.69, 9.17) is 17.0 Å². The second-order valence-corrected chi connectivity index (χ2v) is 57.6. The normalized spacial score (nSPS) is 18.4. The van der Waals surface area contributed by atoms with Crippen molar-refractivity contribution in [3.8, 4) is 0 Å². The number of benzene rings is 4. The number of halogens is 2. The minimum absolute atomic E-state index is 0.133. The molecular formula is C42H49Cl2SiZr. The molecule has 2 unspecified atom stereocenters. The first-order valence-corrected chi connectivity index (χ1v) is 33.6. The summed E-state index contributed by atoms with van der Waals surface area (Å²) in [6.45, 7) is 14.3. The third-order valence-electron chi connectivity index (χ3n) is 10.5. The molecule has 0 fully saturated rings. The number of hydrogen-bond donors (Lipinski definition) is 0. The van der Waals surface area contributed by atoms with E-state index >= 15 is 0 Å². The van der Waals surface area contributed by atoms with Crippen molar-refractivity contribution in [2.75, 3.05) is 0 Å². The van der Waals surface area contributed by atoms with E-state index in [2.05, 4.69) is 150 Å². The van der Waals surface area contributed by atoms with Crippen molar-refractivity contribution in [3.63, 3.8) is 0 Å². The molecule has 4 aromatic carbocycles. The number of fused-ring (bicyclic) bond motifs is 2. The van der Waals surface area contributed by atoms with Crippen molar-refractivity contribution in [1.82, 2.24) is 0 Å². The van der Waals surface area contributed by atoms with Gasteiger partial charge in [-0.1, -0.05) is 0 Å². The van der Waals surface area contributed by atoms with Crippen LogP contribution >= 0.6 is 17.0 Å². The second-order valence-electron chi connectivity index (χ2n) is 15.0. The molecule has 0 spiro atoms. The van der Waals surface area contributed by atoms with Crippen LogP contribution in [0.2, 0.25) is 13.1 Å². The Hall–Kier alpha value is -1.96. The van der Waals surface area contributed by atoms with Crippen LogP contribution in [0.15, 0.2) is 108 Å². The summed E-state index contributed by atoms with van der Waals surface area (Å²) in [4.78, 5) is 0. The summed E-state index contributed by atoms with van der Waals surface area (Å²) in [6, 6.07) is 35.7. The first kappa shape index (κ1) is 33.9. The first-order chi connectivity index (χ1) is 22.0. The van der Waals surface area contributed by atoms with Crippen LogP contribution in [0.3, 0.4) is 0 Å². The summed E-state index contributed by atoms with van der Waals surface area (Å²) in [5.74, 6) is -0.559. The summed E-state index contributed by atoms with van der Waals surface area (Å²) in [5.41, 5.74) is 14.0. The van der Waals surface area contributed by atoms with Gasteiger partial charge in [0.25, 0.3) is 0 Å². The Labute approximate surface area is 286 Å². The van der Waals surface area contributed by atoms with E-state index in [0.717, 1.165) is 25.7 Å². The Morgan fingerprint density at radius 2 is 0.957 bits per heavy atom. The van der Waals surface area contributed by atoms with Crippen LogP contribution in [-0.4, -0.2) is 5.92 Å². The Bertz CT molecular complexity index is 1640. The maximum absolute atomic E-state index is 8.73. The molecule has 0 aromatic heterocycles. The van der Waals surface area contributed by atoms with Crippen molar-refractivity contribution >= 4 is 35.1 Å². The van der Waals surface area contributed by atoms with Crippen LogP contribution in [0.1, 0.15) is 92.3 Å². The minimum atomic E-state index is -4.82. The molecule has 0 saturated carbocycles. The van der Waals surface area contributed by atoms with Gasteiger partial charge in [-0.05, 0) is 0 Å². The SMILES string of the molecule is CC(C)CC1=Cc2c(Cc3ccccc3)cccc2[CH]1[Zr]([Cl])([Cl])([CH]1C(CC(C)C)=Cc2c(Cc3ccccc3)cccc21)[SiH](C)C. The molecule has 4 aromatic rings. The second kappa shape index (κ2) is 13.5. The Balaban J connectivity index is 1.54. The zero-order valence-electron chi connectivity index (χ0n) is 28.4. The first-order valence-electron chi connectivity index (χ1n) is 17.3. The summed E-state index contributed by atoms with van der Waals surface area (Å²) in [5, 5.41) is 0. The molecular weight excluding hydrogens is 695 g/mol.